The van der Waals surface area contributed by atoms with E-state index in [1.807, 2.05) is 5.38 Å². The Hall–Kier alpha value is -0.870. The number of carbonyl (C=O) groups excluding carboxylic acids is 1. The van der Waals surface area contributed by atoms with Crippen LogP contribution in [0.25, 0.3) is 0 Å². The third kappa shape index (κ3) is 4.88. The molecule has 0 aliphatic rings. The second kappa shape index (κ2) is 6.77. The van der Waals surface area contributed by atoms with Gasteiger partial charge < -0.3 is 10.1 Å². The first-order chi connectivity index (χ1) is 8.00. The summed E-state index contributed by atoms with van der Waals surface area (Å²) in [7, 11) is 0. The van der Waals surface area contributed by atoms with E-state index in [0.717, 1.165) is 0 Å². The van der Waals surface area contributed by atoms with E-state index in [0.29, 0.717) is 19.1 Å². The molecule has 0 radical (unpaired) electrons. The van der Waals surface area contributed by atoms with E-state index in [9.17, 15) is 4.79 Å². The zero-order valence-electron chi connectivity index (χ0n) is 10.9. The van der Waals surface area contributed by atoms with Gasteiger partial charge in [-0.05, 0) is 36.8 Å². The Morgan fingerprint density at radius 1 is 1.47 bits per heavy atom. The van der Waals surface area contributed by atoms with Gasteiger partial charge in [-0.25, -0.2) is 0 Å². The van der Waals surface area contributed by atoms with Crippen molar-refractivity contribution in [3.05, 3.63) is 21.9 Å². The Morgan fingerprint density at radius 3 is 2.71 bits per heavy atom. The van der Waals surface area contributed by atoms with Crippen LogP contribution >= 0.6 is 11.3 Å². The van der Waals surface area contributed by atoms with Crippen LogP contribution in [-0.2, 0) is 16.1 Å². The molecule has 1 unspecified atom stereocenters. The fourth-order valence-corrected chi connectivity index (χ4v) is 2.15. The van der Waals surface area contributed by atoms with Gasteiger partial charge in [-0.2, -0.15) is 0 Å². The molecule has 0 aromatic carbocycles. The molecule has 1 aromatic heterocycles. The van der Waals surface area contributed by atoms with E-state index in [2.05, 4.69) is 32.2 Å². The minimum Gasteiger partial charge on any atom is -0.368 e. The van der Waals surface area contributed by atoms with Crippen LogP contribution < -0.4 is 5.32 Å². The molecule has 17 heavy (non-hydrogen) atoms. The summed E-state index contributed by atoms with van der Waals surface area (Å²) in [6.45, 7) is 9.19. The number of hydrogen-bond acceptors (Lipinski definition) is 3. The summed E-state index contributed by atoms with van der Waals surface area (Å²) in [5.41, 5.74) is 1.23. The number of carbonyl (C=O) groups is 1. The molecule has 1 aromatic rings. The topological polar surface area (TPSA) is 38.3 Å². The molecule has 0 aliphatic carbocycles. The van der Waals surface area contributed by atoms with Crippen LogP contribution in [0, 0.1) is 12.8 Å². The number of rotatable bonds is 6. The number of thiophene rings is 1. The van der Waals surface area contributed by atoms with Gasteiger partial charge in [0.2, 0.25) is 5.91 Å². The molecule has 3 nitrogen and oxygen atoms in total. The Bertz CT molecular complexity index is 360. The van der Waals surface area contributed by atoms with E-state index in [-0.39, 0.29) is 12.0 Å². The van der Waals surface area contributed by atoms with E-state index in [1.54, 1.807) is 18.3 Å². The second-order valence-corrected chi connectivity index (χ2v) is 5.61. The van der Waals surface area contributed by atoms with Gasteiger partial charge in [0.1, 0.15) is 6.10 Å². The van der Waals surface area contributed by atoms with Gasteiger partial charge >= 0.3 is 0 Å². The third-order valence-electron chi connectivity index (χ3n) is 2.44. The van der Waals surface area contributed by atoms with Gasteiger partial charge in [-0.3, -0.25) is 4.79 Å². The molecule has 1 amide bonds. The maximum absolute atomic E-state index is 11.7. The van der Waals surface area contributed by atoms with Gasteiger partial charge in [-0.15, -0.1) is 11.3 Å². The zero-order chi connectivity index (χ0) is 12.8. The quantitative estimate of drug-likeness (QED) is 0.849. The minimum absolute atomic E-state index is 0.0431. The van der Waals surface area contributed by atoms with Crippen molar-refractivity contribution in [2.24, 2.45) is 5.92 Å². The highest BCUT2D eigenvalue weighted by atomic mass is 32.1. The van der Waals surface area contributed by atoms with Crippen molar-refractivity contribution < 1.29 is 9.53 Å². The van der Waals surface area contributed by atoms with Crippen LogP contribution in [0.15, 0.2) is 11.4 Å². The standard InChI is InChI=1S/C13H21NO2S/c1-9(2)8-16-11(4)13(15)14-7-12-10(3)5-6-17-12/h5-6,9,11H,7-8H2,1-4H3,(H,14,15). The van der Waals surface area contributed by atoms with Gasteiger partial charge in [0.25, 0.3) is 0 Å². The van der Waals surface area contributed by atoms with Gasteiger partial charge in [0, 0.05) is 11.5 Å². The van der Waals surface area contributed by atoms with Crippen LogP contribution in [0.4, 0.5) is 0 Å². The average molecular weight is 255 g/mol. The first kappa shape index (κ1) is 14.2. The first-order valence-electron chi connectivity index (χ1n) is 5.93. The summed E-state index contributed by atoms with van der Waals surface area (Å²) in [4.78, 5) is 12.9. The zero-order valence-corrected chi connectivity index (χ0v) is 11.8. The highest BCUT2D eigenvalue weighted by molar-refractivity contribution is 7.10. The molecular formula is C13H21NO2S. The Morgan fingerprint density at radius 2 is 2.18 bits per heavy atom. The molecule has 1 rings (SSSR count). The molecule has 0 saturated heterocycles. The number of nitrogens with one attached hydrogen (secondary N) is 1. The predicted octanol–water partition coefficient (Wildman–Crippen LogP) is 2.73. The minimum atomic E-state index is -0.377. The van der Waals surface area contributed by atoms with Crippen molar-refractivity contribution in [2.75, 3.05) is 6.61 Å². The Labute approximate surface area is 107 Å². The summed E-state index contributed by atoms with van der Waals surface area (Å²) < 4.78 is 5.46. The lowest BCUT2D eigenvalue weighted by Crippen LogP contribution is -2.34. The molecule has 0 bridgehead atoms. The maximum Gasteiger partial charge on any atom is 0.249 e. The molecule has 1 atom stereocenters. The molecule has 0 spiro atoms. The Kier molecular flexibility index (Phi) is 5.65. The fraction of sp³-hybridized carbons (Fsp3) is 0.615. The van der Waals surface area contributed by atoms with E-state index in [1.165, 1.54) is 10.4 Å². The van der Waals surface area contributed by atoms with Gasteiger partial charge in [-0.1, -0.05) is 13.8 Å². The first-order valence-corrected chi connectivity index (χ1v) is 6.81. The lowest BCUT2D eigenvalue weighted by atomic mass is 10.2. The number of aryl methyl sites for hydroxylation is 1. The average Bonchev–Trinajstić information content (AvgIpc) is 2.68. The van der Waals surface area contributed by atoms with Crippen LogP contribution in [0.1, 0.15) is 31.2 Å². The predicted molar refractivity (Wildman–Crippen MR) is 71.2 cm³/mol. The molecule has 4 heteroatoms. The molecular weight excluding hydrogens is 234 g/mol. The van der Waals surface area contributed by atoms with Crippen molar-refractivity contribution >= 4 is 17.2 Å². The van der Waals surface area contributed by atoms with Gasteiger partial charge in [0.05, 0.1) is 6.54 Å². The fourth-order valence-electron chi connectivity index (χ4n) is 1.31. The van der Waals surface area contributed by atoms with Crippen LogP contribution in [0.5, 0.6) is 0 Å². The molecule has 1 N–H and O–H groups in total. The lowest BCUT2D eigenvalue weighted by Gasteiger charge is -2.14. The smallest absolute Gasteiger partial charge is 0.249 e. The van der Waals surface area contributed by atoms with Crippen LogP contribution in [-0.4, -0.2) is 18.6 Å². The van der Waals surface area contributed by atoms with Gasteiger partial charge in [0.15, 0.2) is 0 Å². The summed E-state index contributed by atoms with van der Waals surface area (Å²) in [5, 5.41) is 4.93. The monoisotopic (exact) mass is 255 g/mol. The molecule has 0 saturated carbocycles. The summed E-state index contributed by atoms with van der Waals surface area (Å²) >= 11 is 1.67. The molecule has 0 aliphatic heterocycles. The summed E-state index contributed by atoms with van der Waals surface area (Å²) in [6, 6.07) is 2.06. The Balaban J connectivity index is 2.32. The number of hydrogen-bond donors (Lipinski definition) is 1. The lowest BCUT2D eigenvalue weighted by molar-refractivity contribution is -0.132. The van der Waals surface area contributed by atoms with Crippen LogP contribution in [0.2, 0.25) is 0 Å². The van der Waals surface area contributed by atoms with Crippen molar-refractivity contribution in [2.45, 2.75) is 40.3 Å². The highest BCUT2D eigenvalue weighted by Gasteiger charge is 2.13. The molecule has 96 valence electrons. The van der Waals surface area contributed by atoms with Crippen molar-refractivity contribution in [3.8, 4) is 0 Å². The van der Waals surface area contributed by atoms with Crippen molar-refractivity contribution in [1.29, 1.82) is 0 Å². The summed E-state index contributed by atoms with van der Waals surface area (Å²) in [5.74, 6) is 0.406. The van der Waals surface area contributed by atoms with E-state index in [4.69, 9.17) is 4.74 Å². The van der Waals surface area contributed by atoms with Crippen molar-refractivity contribution in [1.82, 2.24) is 5.32 Å². The number of ether oxygens (including phenoxy) is 1. The second-order valence-electron chi connectivity index (χ2n) is 4.61. The maximum atomic E-state index is 11.7. The SMILES string of the molecule is Cc1ccsc1CNC(=O)C(C)OCC(C)C. The summed E-state index contributed by atoms with van der Waals surface area (Å²) in [6.07, 6.45) is -0.377. The third-order valence-corrected chi connectivity index (χ3v) is 3.46. The van der Waals surface area contributed by atoms with Crippen molar-refractivity contribution in [3.63, 3.8) is 0 Å². The van der Waals surface area contributed by atoms with E-state index >= 15 is 0 Å². The van der Waals surface area contributed by atoms with Crippen LogP contribution in [0.3, 0.4) is 0 Å². The normalized spacial score (nSPS) is 12.8. The number of amides is 1. The largest absolute Gasteiger partial charge is 0.368 e. The highest BCUT2D eigenvalue weighted by Crippen LogP contribution is 2.14. The van der Waals surface area contributed by atoms with E-state index < -0.39 is 0 Å². The molecule has 0 fully saturated rings. The molecule has 1 heterocycles.